The summed E-state index contributed by atoms with van der Waals surface area (Å²) in [6.45, 7) is 5.72. The highest BCUT2D eigenvalue weighted by Crippen LogP contribution is 2.28. The van der Waals surface area contributed by atoms with Gasteiger partial charge in [0.05, 0.1) is 17.4 Å². The Hall–Kier alpha value is -1.53. The van der Waals surface area contributed by atoms with Crippen LogP contribution < -0.4 is 4.90 Å². The Bertz CT molecular complexity index is 454. The van der Waals surface area contributed by atoms with Gasteiger partial charge < -0.3 is 10.0 Å². The number of rotatable bonds is 2. The third-order valence-corrected chi connectivity index (χ3v) is 3.84. The van der Waals surface area contributed by atoms with Crippen molar-refractivity contribution >= 4 is 5.69 Å². The molecule has 0 aliphatic carbocycles. The predicted molar refractivity (Wildman–Crippen MR) is 72.5 cm³/mol. The van der Waals surface area contributed by atoms with E-state index in [0.29, 0.717) is 5.92 Å². The van der Waals surface area contributed by atoms with E-state index in [-0.39, 0.29) is 6.10 Å². The van der Waals surface area contributed by atoms with Gasteiger partial charge in [-0.05, 0) is 50.3 Å². The van der Waals surface area contributed by atoms with E-state index in [4.69, 9.17) is 0 Å². The third kappa shape index (κ3) is 2.65. The van der Waals surface area contributed by atoms with Crippen LogP contribution in [-0.2, 0) is 0 Å². The second kappa shape index (κ2) is 5.41. The molecule has 1 unspecified atom stereocenters. The van der Waals surface area contributed by atoms with Crippen LogP contribution in [0.4, 0.5) is 5.69 Å². The Morgan fingerprint density at radius 2 is 2.06 bits per heavy atom. The van der Waals surface area contributed by atoms with Crippen molar-refractivity contribution in [3.05, 3.63) is 29.3 Å². The highest BCUT2D eigenvalue weighted by molar-refractivity contribution is 5.60. The van der Waals surface area contributed by atoms with E-state index in [0.717, 1.165) is 42.7 Å². The van der Waals surface area contributed by atoms with Gasteiger partial charge in [-0.15, -0.1) is 0 Å². The lowest BCUT2D eigenvalue weighted by molar-refractivity contribution is 0.110. The number of aliphatic hydroxyl groups is 1. The summed E-state index contributed by atoms with van der Waals surface area (Å²) in [6, 6.07) is 8.31. The number of benzene rings is 1. The first-order valence-corrected chi connectivity index (χ1v) is 6.55. The van der Waals surface area contributed by atoms with Crippen molar-refractivity contribution < 1.29 is 5.11 Å². The molecule has 0 amide bonds. The van der Waals surface area contributed by atoms with Crippen LogP contribution in [-0.4, -0.2) is 24.3 Å². The Labute approximate surface area is 109 Å². The number of aliphatic hydroxyl groups excluding tert-OH is 1. The zero-order chi connectivity index (χ0) is 13.1. The molecule has 0 radical (unpaired) electrons. The summed E-state index contributed by atoms with van der Waals surface area (Å²) in [5.41, 5.74) is 2.91. The molecule has 2 rings (SSSR count). The number of hydrogen-bond acceptors (Lipinski definition) is 3. The number of aryl methyl sites for hydroxylation is 1. The average molecular weight is 244 g/mol. The van der Waals surface area contributed by atoms with Gasteiger partial charge in [-0.1, -0.05) is 6.07 Å². The largest absolute Gasteiger partial charge is 0.393 e. The second-order valence-electron chi connectivity index (χ2n) is 5.20. The standard InChI is InChI=1S/C15H20N2O/c1-11-3-4-15(14(9-11)10-16)17-7-5-13(6-8-17)12(2)18/h3-4,9,12-13,18H,5-8H2,1-2H3. The van der Waals surface area contributed by atoms with Crippen LogP contribution in [0, 0.1) is 24.2 Å². The first kappa shape index (κ1) is 12.9. The molecule has 0 saturated carbocycles. The second-order valence-corrected chi connectivity index (χ2v) is 5.20. The van der Waals surface area contributed by atoms with Crippen LogP contribution in [0.5, 0.6) is 0 Å². The smallest absolute Gasteiger partial charge is 0.101 e. The van der Waals surface area contributed by atoms with Crippen molar-refractivity contribution in [2.75, 3.05) is 18.0 Å². The Kier molecular flexibility index (Phi) is 3.88. The maximum atomic E-state index is 9.60. The van der Waals surface area contributed by atoms with Crippen LogP contribution in [0.15, 0.2) is 18.2 Å². The SMILES string of the molecule is Cc1ccc(N2CCC(C(C)O)CC2)c(C#N)c1. The molecule has 3 nitrogen and oxygen atoms in total. The third-order valence-electron chi connectivity index (χ3n) is 3.84. The van der Waals surface area contributed by atoms with E-state index < -0.39 is 0 Å². The molecule has 0 spiro atoms. The number of hydrogen-bond donors (Lipinski definition) is 1. The number of piperidine rings is 1. The zero-order valence-electron chi connectivity index (χ0n) is 11.1. The number of anilines is 1. The van der Waals surface area contributed by atoms with E-state index in [2.05, 4.69) is 17.0 Å². The van der Waals surface area contributed by atoms with Gasteiger partial charge in [0.2, 0.25) is 0 Å². The van der Waals surface area contributed by atoms with Gasteiger partial charge in [-0.25, -0.2) is 0 Å². The van der Waals surface area contributed by atoms with Crippen LogP contribution >= 0.6 is 0 Å². The Balaban J connectivity index is 2.13. The minimum atomic E-state index is -0.222. The molecule has 1 aromatic rings. The normalized spacial score (nSPS) is 18.4. The van der Waals surface area contributed by atoms with Crippen molar-refractivity contribution in [1.82, 2.24) is 0 Å². The molecule has 3 heteroatoms. The van der Waals surface area contributed by atoms with E-state index in [9.17, 15) is 10.4 Å². The first-order valence-electron chi connectivity index (χ1n) is 6.55. The fraction of sp³-hybridized carbons (Fsp3) is 0.533. The zero-order valence-corrected chi connectivity index (χ0v) is 11.1. The summed E-state index contributed by atoms with van der Waals surface area (Å²) in [5, 5.41) is 18.8. The quantitative estimate of drug-likeness (QED) is 0.869. The molecule has 1 saturated heterocycles. The van der Waals surface area contributed by atoms with Gasteiger partial charge in [0, 0.05) is 13.1 Å². The molecular weight excluding hydrogens is 224 g/mol. The maximum absolute atomic E-state index is 9.60. The summed E-state index contributed by atoms with van der Waals surface area (Å²) in [6.07, 6.45) is 1.77. The van der Waals surface area contributed by atoms with Crippen LogP contribution in [0.2, 0.25) is 0 Å². The summed E-state index contributed by atoms with van der Waals surface area (Å²) in [7, 11) is 0. The molecule has 0 bridgehead atoms. The molecule has 1 aliphatic heterocycles. The van der Waals surface area contributed by atoms with Crippen molar-refractivity contribution in [1.29, 1.82) is 5.26 Å². The lowest BCUT2D eigenvalue weighted by Crippen LogP contribution is -2.37. The lowest BCUT2D eigenvalue weighted by Gasteiger charge is -2.35. The van der Waals surface area contributed by atoms with E-state index in [1.165, 1.54) is 0 Å². The van der Waals surface area contributed by atoms with Gasteiger partial charge in [0.15, 0.2) is 0 Å². The molecule has 18 heavy (non-hydrogen) atoms. The van der Waals surface area contributed by atoms with E-state index in [1.807, 2.05) is 26.0 Å². The van der Waals surface area contributed by atoms with Gasteiger partial charge in [0.25, 0.3) is 0 Å². The molecule has 1 aromatic carbocycles. The van der Waals surface area contributed by atoms with E-state index in [1.54, 1.807) is 0 Å². The monoisotopic (exact) mass is 244 g/mol. The van der Waals surface area contributed by atoms with Crippen LogP contribution in [0.25, 0.3) is 0 Å². The Morgan fingerprint density at radius 3 is 2.61 bits per heavy atom. The van der Waals surface area contributed by atoms with Crippen LogP contribution in [0.1, 0.15) is 30.9 Å². The lowest BCUT2D eigenvalue weighted by atomic mass is 9.91. The number of nitriles is 1. The molecular formula is C15H20N2O. The van der Waals surface area contributed by atoms with E-state index >= 15 is 0 Å². The fourth-order valence-electron chi connectivity index (χ4n) is 2.64. The highest BCUT2D eigenvalue weighted by atomic mass is 16.3. The predicted octanol–water partition coefficient (Wildman–Crippen LogP) is 2.46. The van der Waals surface area contributed by atoms with Crippen molar-refractivity contribution in [3.8, 4) is 6.07 Å². The minimum Gasteiger partial charge on any atom is -0.393 e. The fourth-order valence-corrected chi connectivity index (χ4v) is 2.64. The maximum Gasteiger partial charge on any atom is 0.101 e. The molecule has 1 heterocycles. The highest BCUT2D eigenvalue weighted by Gasteiger charge is 2.23. The summed E-state index contributed by atoms with van der Waals surface area (Å²) in [5.74, 6) is 0.400. The molecule has 1 atom stereocenters. The van der Waals surface area contributed by atoms with Gasteiger partial charge in [-0.3, -0.25) is 0 Å². The molecule has 1 aliphatic rings. The van der Waals surface area contributed by atoms with Gasteiger partial charge in [-0.2, -0.15) is 5.26 Å². The van der Waals surface area contributed by atoms with Crippen molar-refractivity contribution in [3.63, 3.8) is 0 Å². The van der Waals surface area contributed by atoms with Crippen molar-refractivity contribution in [2.24, 2.45) is 5.92 Å². The molecule has 96 valence electrons. The average Bonchev–Trinajstić information content (AvgIpc) is 2.38. The molecule has 1 N–H and O–H groups in total. The molecule has 1 fully saturated rings. The van der Waals surface area contributed by atoms with Crippen molar-refractivity contribution in [2.45, 2.75) is 32.8 Å². The van der Waals surface area contributed by atoms with Crippen LogP contribution in [0.3, 0.4) is 0 Å². The van der Waals surface area contributed by atoms with Gasteiger partial charge >= 0.3 is 0 Å². The summed E-state index contributed by atoms with van der Waals surface area (Å²) < 4.78 is 0. The van der Waals surface area contributed by atoms with Gasteiger partial charge in [0.1, 0.15) is 6.07 Å². The summed E-state index contributed by atoms with van der Waals surface area (Å²) >= 11 is 0. The Morgan fingerprint density at radius 1 is 1.39 bits per heavy atom. The number of nitrogens with zero attached hydrogens (tertiary/aromatic N) is 2. The first-order chi connectivity index (χ1) is 8.61. The minimum absolute atomic E-state index is 0.222. The topological polar surface area (TPSA) is 47.3 Å². The molecule has 0 aromatic heterocycles. The summed E-state index contributed by atoms with van der Waals surface area (Å²) in [4.78, 5) is 2.26.